The van der Waals surface area contributed by atoms with E-state index in [-0.39, 0.29) is 11.3 Å². The van der Waals surface area contributed by atoms with E-state index in [4.69, 9.17) is 4.74 Å². The van der Waals surface area contributed by atoms with Crippen molar-refractivity contribution < 1.29 is 24.0 Å². The number of hydrogen-bond acceptors (Lipinski definition) is 6. The number of fused-ring (bicyclic) bond motifs is 1. The van der Waals surface area contributed by atoms with Gasteiger partial charge in [0.15, 0.2) is 0 Å². The summed E-state index contributed by atoms with van der Waals surface area (Å²) in [6, 6.07) is 12.8. The number of Topliss-reactive ketones (excluding diaryl/α,β-unsaturated/α-hetero) is 1. The lowest BCUT2D eigenvalue weighted by Gasteiger charge is -2.38. The predicted molar refractivity (Wildman–Crippen MR) is 107 cm³/mol. The van der Waals surface area contributed by atoms with Crippen LogP contribution in [0.5, 0.6) is 0 Å². The van der Waals surface area contributed by atoms with Gasteiger partial charge in [0.1, 0.15) is 0 Å². The van der Waals surface area contributed by atoms with Crippen LogP contribution in [0.3, 0.4) is 0 Å². The smallest absolute Gasteiger partial charge is 0.341 e. The highest BCUT2D eigenvalue weighted by molar-refractivity contribution is 9.10. The Kier molecular flexibility index (Phi) is 5.52. The molecule has 0 bridgehead atoms. The Bertz CT molecular complexity index is 1010. The van der Waals surface area contributed by atoms with E-state index < -0.39 is 40.6 Å². The first-order chi connectivity index (χ1) is 13.7. The standard InChI is InChI=1S/C20H17BrN2O6/c1-12(24)23-17-9-8-14(21)10-15(17)18(25)20(23,19(26)29-2)16(11-22(27)28)13-6-4-3-5-7-13/h3-10,16H,11H2,1-2H3/t16-,20+/m1/s1. The van der Waals surface area contributed by atoms with E-state index in [1.165, 1.54) is 19.1 Å². The Labute approximate surface area is 174 Å². The number of rotatable bonds is 5. The van der Waals surface area contributed by atoms with Gasteiger partial charge in [-0.3, -0.25) is 24.6 Å². The van der Waals surface area contributed by atoms with E-state index in [2.05, 4.69) is 15.9 Å². The van der Waals surface area contributed by atoms with Gasteiger partial charge in [0.05, 0.1) is 18.7 Å². The summed E-state index contributed by atoms with van der Waals surface area (Å²) in [7, 11) is 1.09. The maximum absolute atomic E-state index is 13.6. The molecule has 1 amide bonds. The number of ketones is 1. The summed E-state index contributed by atoms with van der Waals surface area (Å²) in [5.74, 6) is -3.60. The van der Waals surface area contributed by atoms with Gasteiger partial charge in [-0.1, -0.05) is 46.3 Å². The summed E-state index contributed by atoms with van der Waals surface area (Å²) in [6.45, 7) is 0.458. The number of carbonyl (C=O) groups excluding carboxylic acids is 3. The highest BCUT2D eigenvalue weighted by Crippen LogP contribution is 2.48. The van der Waals surface area contributed by atoms with E-state index >= 15 is 0 Å². The van der Waals surface area contributed by atoms with Crippen LogP contribution in [0.1, 0.15) is 28.8 Å². The largest absolute Gasteiger partial charge is 0.467 e. The number of esters is 1. The zero-order valence-electron chi connectivity index (χ0n) is 15.6. The van der Waals surface area contributed by atoms with Crippen molar-refractivity contribution in [3.05, 3.63) is 74.2 Å². The quantitative estimate of drug-likeness (QED) is 0.293. The van der Waals surface area contributed by atoms with Gasteiger partial charge in [-0.05, 0) is 23.8 Å². The first-order valence-corrected chi connectivity index (χ1v) is 9.44. The molecule has 0 saturated heterocycles. The normalized spacial score (nSPS) is 18.9. The molecule has 2 aromatic rings. The molecule has 0 fully saturated rings. The highest BCUT2D eigenvalue weighted by atomic mass is 79.9. The van der Waals surface area contributed by atoms with E-state index in [0.29, 0.717) is 10.0 Å². The first kappa shape index (κ1) is 20.7. The Balaban J connectivity index is 2.38. The average molecular weight is 461 g/mol. The molecule has 3 rings (SSSR count). The zero-order valence-corrected chi connectivity index (χ0v) is 17.2. The molecule has 2 atom stereocenters. The number of methoxy groups -OCH3 is 1. The lowest BCUT2D eigenvalue weighted by atomic mass is 9.75. The van der Waals surface area contributed by atoms with E-state index in [1.54, 1.807) is 36.4 Å². The van der Waals surface area contributed by atoms with Crippen LogP contribution < -0.4 is 4.90 Å². The summed E-state index contributed by atoms with van der Waals surface area (Å²) in [4.78, 5) is 51.4. The Morgan fingerprint density at radius 1 is 1.24 bits per heavy atom. The van der Waals surface area contributed by atoms with Crippen LogP contribution in [0.25, 0.3) is 0 Å². The Hall–Kier alpha value is -3.07. The molecular weight excluding hydrogens is 444 g/mol. The van der Waals surface area contributed by atoms with Crippen LogP contribution in [0.4, 0.5) is 5.69 Å². The molecular formula is C20H17BrN2O6. The summed E-state index contributed by atoms with van der Waals surface area (Å²) in [5, 5.41) is 11.5. The highest BCUT2D eigenvalue weighted by Gasteiger charge is 2.65. The third-order valence-electron chi connectivity index (χ3n) is 4.99. The third kappa shape index (κ3) is 3.21. The first-order valence-electron chi connectivity index (χ1n) is 8.65. The van der Waals surface area contributed by atoms with Crippen molar-refractivity contribution in [2.45, 2.75) is 18.4 Å². The molecule has 0 saturated carbocycles. The molecule has 0 aromatic heterocycles. The molecule has 1 aliphatic heterocycles. The van der Waals surface area contributed by atoms with Crippen molar-refractivity contribution in [1.29, 1.82) is 0 Å². The number of benzene rings is 2. The number of hydrogen-bond donors (Lipinski definition) is 0. The fourth-order valence-corrected chi connectivity index (χ4v) is 4.27. The van der Waals surface area contributed by atoms with Crippen LogP contribution in [-0.4, -0.2) is 41.8 Å². The predicted octanol–water partition coefficient (Wildman–Crippen LogP) is 2.97. The number of carbonyl (C=O) groups is 3. The molecule has 0 aliphatic carbocycles. The molecule has 1 aliphatic rings. The van der Waals surface area contributed by atoms with Gasteiger partial charge in [0.25, 0.3) is 0 Å². The van der Waals surface area contributed by atoms with Crippen LogP contribution in [-0.2, 0) is 14.3 Å². The minimum Gasteiger partial charge on any atom is -0.467 e. The molecule has 0 spiro atoms. The minimum absolute atomic E-state index is 0.115. The van der Waals surface area contributed by atoms with Crippen LogP contribution in [0.2, 0.25) is 0 Å². The van der Waals surface area contributed by atoms with E-state index in [0.717, 1.165) is 12.0 Å². The second kappa shape index (κ2) is 7.75. The Morgan fingerprint density at radius 2 is 1.90 bits per heavy atom. The second-order valence-electron chi connectivity index (χ2n) is 6.58. The van der Waals surface area contributed by atoms with Crippen LogP contribution in [0, 0.1) is 10.1 Å². The van der Waals surface area contributed by atoms with E-state index in [1.807, 2.05) is 0 Å². The van der Waals surface area contributed by atoms with Gasteiger partial charge in [0, 0.05) is 21.9 Å². The molecule has 1 heterocycles. The summed E-state index contributed by atoms with van der Waals surface area (Å²) in [5.41, 5.74) is -1.52. The van der Waals surface area contributed by atoms with Crippen molar-refractivity contribution in [1.82, 2.24) is 0 Å². The lowest BCUT2D eigenvalue weighted by molar-refractivity contribution is -0.484. The summed E-state index contributed by atoms with van der Waals surface area (Å²) < 4.78 is 5.51. The number of anilines is 1. The molecule has 0 unspecified atom stereocenters. The third-order valence-corrected chi connectivity index (χ3v) is 5.49. The number of nitrogens with zero attached hydrogens (tertiary/aromatic N) is 2. The topological polar surface area (TPSA) is 107 Å². The number of halogens is 1. The molecule has 2 aromatic carbocycles. The fraction of sp³-hybridized carbons (Fsp3) is 0.250. The maximum Gasteiger partial charge on any atom is 0.341 e. The van der Waals surface area contributed by atoms with Crippen LogP contribution >= 0.6 is 15.9 Å². The lowest BCUT2D eigenvalue weighted by Crippen LogP contribution is -2.63. The van der Waals surface area contributed by atoms with Gasteiger partial charge in [-0.25, -0.2) is 4.79 Å². The van der Waals surface area contributed by atoms with Gasteiger partial charge in [-0.15, -0.1) is 0 Å². The van der Waals surface area contributed by atoms with Crippen molar-refractivity contribution >= 4 is 39.3 Å². The molecule has 0 N–H and O–H groups in total. The van der Waals surface area contributed by atoms with E-state index in [9.17, 15) is 24.5 Å². The average Bonchev–Trinajstić information content (AvgIpc) is 2.95. The second-order valence-corrected chi connectivity index (χ2v) is 7.50. The summed E-state index contributed by atoms with van der Waals surface area (Å²) >= 11 is 3.28. The van der Waals surface area contributed by atoms with Gasteiger partial charge < -0.3 is 4.74 Å². The summed E-state index contributed by atoms with van der Waals surface area (Å²) in [6.07, 6.45) is 0. The zero-order chi connectivity index (χ0) is 21.3. The number of nitro groups is 1. The Morgan fingerprint density at radius 3 is 2.45 bits per heavy atom. The van der Waals surface area contributed by atoms with Gasteiger partial charge in [-0.2, -0.15) is 0 Å². The van der Waals surface area contributed by atoms with Crippen molar-refractivity contribution in [3.8, 4) is 0 Å². The van der Waals surface area contributed by atoms with Crippen molar-refractivity contribution in [2.24, 2.45) is 0 Å². The van der Waals surface area contributed by atoms with Crippen LogP contribution in [0.15, 0.2) is 53.0 Å². The molecule has 0 radical (unpaired) electrons. The minimum atomic E-state index is -2.22. The maximum atomic E-state index is 13.6. The number of ether oxygens (including phenoxy) is 1. The molecule has 8 nitrogen and oxygen atoms in total. The monoisotopic (exact) mass is 460 g/mol. The molecule has 29 heavy (non-hydrogen) atoms. The van der Waals surface area contributed by atoms with Crippen molar-refractivity contribution in [2.75, 3.05) is 18.6 Å². The van der Waals surface area contributed by atoms with Crippen molar-refractivity contribution in [3.63, 3.8) is 0 Å². The molecule has 150 valence electrons. The SMILES string of the molecule is COC(=O)[C@]1([C@H](C[N+](=O)[O-])c2ccccc2)C(=O)c2cc(Br)ccc2N1C(C)=O. The fourth-order valence-electron chi connectivity index (χ4n) is 3.91. The van der Waals surface area contributed by atoms with Gasteiger partial charge >= 0.3 is 5.97 Å². The van der Waals surface area contributed by atoms with Gasteiger partial charge in [0.2, 0.25) is 23.8 Å². The number of amides is 1. The molecule has 9 heteroatoms.